The summed E-state index contributed by atoms with van der Waals surface area (Å²) in [5.74, 6) is -0.0758. The molecule has 4 heteroatoms. The molecule has 0 saturated carbocycles. The van der Waals surface area contributed by atoms with E-state index in [-0.39, 0.29) is 11.8 Å². The monoisotopic (exact) mass is 335 g/mol. The average Bonchev–Trinajstić information content (AvgIpc) is 2.54. The fraction of sp³-hybridized carbons (Fsp3) is 0.278. The largest absolute Gasteiger partial charge is 0.351 e. The molecule has 22 heavy (non-hydrogen) atoms. The summed E-state index contributed by atoms with van der Waals surface area (Å²) in [6.45, 7) is 2.53. The molecule has 116 valence electrons. The Kier molecular flexibility index (Phi) is 6.29. The number of amides is 1. The zero-order chi connectivity index (χ0) is 15.9. The maximum absolute atomic E-state index is 12.5. The second-order valence-corrected chi connectivity index (χ2v) is 6.03. The van der Waals surface area contributed by atoms with Crippen LogP contribution in [0.3, 0.4) is 0 Å². The number of rotatable bonds is 6. The van der Waals surface area contributed by atoms with E-state index in [9.17, 15) is 4.79 Å². The first-order valence-electron chi connectivity index (χ1n) is 7.38. The van der Waals surface area contributed by atoms with Gasteiger partial charge in [-0.3, -0.25) is 4.79 Å². The van der Waals surface area contributed by atoms with E-state index in [0.29, 0.717) is 16.6 Å². The van der Waals surface area contributed by atoms with Crippen molar-refractivity contribution >= 4 is 29.1 Å². The molecule has 2 aromatic carbocycles. The topological polar surface area (TPSA) is 29.1 Å². The van der Waals surface area contributed by atoms with E-state index in [1.807, 2.05) is 36.4 Å². The molecule has 0 aromatic heterocycles. The Morgan fingerprint density at radius 2 is 1.82 bits per heavy atom. The van der Waals surface area contributed by atoms with E-state index in [1.54, 1.807) is 12.1 Å². The van der Waals surface area contributed by atoms with Gasteiger partial charge in [0.25, 0.3) is 0 Å². The average molecular weight is 336 g/mol. The highest BCUT2D eigenvalue weighted by atomic mass is 35.5. The summed E-state index contributed by atoms with van der Waals surface area (Å²) in [7, 11) is 0. The van der Waals surface area contributed by atoms with Crippen LogP contribution in [-0.4, -0.2) is 5.91 Å². The van der Waals surface area contributed by atoms with E-state index in [0.717, 1.165) is 24.0 Å². The summed E-state index contributed by atoms with van der Waals surface area (Å²) in [6, 6.07) is 15.3. The quantitative estimate of drug-likeness (QED) is 0.772. The van der Waals surface area contributed by atoms with Gasteiger partial charge in [0.05, 0.1) is 16.0 Å². The van der Waals surface area contributed by atoms with Crippen molar-refractivity contribution in [2.24, 2.45) is 0 Å². The number of nitrogens with one attached hydrogen (secondary N) is 1. The molecule has 0 spiro atoms. The molecule has 1 unspecified atom stereocenters. The zero-order valence-corrected chi connectivity index (χ0v) is 14.0. The Hall–Kier alpha value is -1.51. The molecule has 0 aliphatic heterocycles. The molecule has 0 fully saturated rings. The molecular weight excluding hydrogens is 317 g/mol. The summed E-state index contributed by atoms with van der Waals surface area (Å²) < 4.78 is 0. The van der Waals surface area contributed by atoms with Crippen LogP contribution >= 0.6 is 23.2 Å². The first-order chi connectivity index (χ1) is 10.6. The van der Waals surface area contributed by atoms with Gasteiger partial charge in [-0.2, -0.15) is 0 Å². The van der Waals surface area contributed by atoms with E-state index in [1.165, 1.54) is 0 Å². The predicted molar refractivity (Wildman–Crippen MR) is 92.4 cm³/mol. The van der Waals surface area contributed by atoms with E-state index in [4.69, 9.17) is 23.2 Å². The van der Waals surface area contributed by atoms with Crippen LogP contribution in [0, 0.1) is 0 Å². The number of hydrogen-bond donors (Lipinski definition) is 1. The second-order valence-electron chi connectivity index (χ2n) is 5.22. The van der Waals surface area contributed by atoms with Crippen molar-refractivity contribution in [1.82, 2.24) is 5.32 Å². The van der Waals surface area contributed by atoms with Crippen LogP contribution in [0.25, 0.3) is 0 Å². The molecule has 2 rings (SSSR count). The van der Waals surface area contributed by atoms with E-state index in [2.05, 4.69) is 12.2 Å². The molecule has 0 aliphatic rings. The molecule has 0 bridgehead atoms. The predicted octanol–water partition coefficient (Wildman–Crippen LogP) is 5.19. The van der Waals surface area contributed by atoms with Gasteiger partial charge in [-0.15, -0.1) is 0 Å². The summed E-state index contributed by atoms with van der Waals surface area (Å²) >= 11 is 11.9. The minimum absolute atomic E-state index is 0.0409. The van der Waals surface area contributed by atoms with E-state index >= 15 is 0 Å². The summed E-state index contributed by atoms with van der Waals surface area (Å²) in [4.78, 5) is 12.5. The third-order valence-corrected chi connectivity index (χ3v) is 4.29. The molecule has 0 radical (unpaired) electrons. The minimum Gasteiger partial charge on any atom is -0.351 e. The number of benzene rings is 2. The standard InChI is InChI=1S/C18H19Cl2NO/c1-2-6-15(14-7-4-3-5-8-14)18(22)21-12-13-9-10-16(19)17(20)11-13/h3-5,7-11,15H,2,6,12H2,1H3,(H,21,22). The highest BCUT2D eigenvalue weighted by molar-refractivity contribution is 6.42. The Morgan fingerprint density at radius 3 is 2.45 bits per heavy atom. The van der Waals surface area contributed by atoms with Crippen molar-refractivity contribution in [1.29, 1.82) is 0 Å². The van der Waals surface area contributed by atoms with Crippen molar-refractivity contribution in [3.63, 3.8) is 0 Å². The van der Waals surface area contributed by atoms with Crippen molar-refractivity contribution < 1.29 is 4.79 Å². The minimum atomic E-state index is -0.117. The van der Waals surface area contributed by atoms with Crippen LogP contribution in [-0.2, 0) is 11.3 Å². The van der Waals surface area contributed by atoms with Gasteiger partial charge in [0.1, 0.15) is 0 Å². The summed E-state index contributed by atoms with van der Waals surface area (Å²) in [5, 5.41) is 4.01. The third-order valence-electron chi connectivity index (χ3n) is 3.55. The molecule has 2 nitrogen and oxygen atoms in total. The van der Waals surface area contributed by atoms with Gasteiger partial charge in [0.15, 0.2) is 0 Å². The van der Waals surface area contributed by atoms with Crippen LogP contribution < -0.4 is 5.32 Å². The zero-order valence-electron chi connectivity index (χ0n) is 12.5. The van der Waals surface area contributed by atoms with Crippen LogP contribution in [0.4, 0.5) is 0 Å². The van der Waals surface area contributed by atoms with Crippen molar-refractivity contribution in [2.75, 3.05) is 0 Å². The molecule has 0 saturated heterocycles. The molecule has 0 aliphatic carbocycles. The lowest BCUT2D eigenvalue weighted by molar-refractivity contribution is -0.122. The second kappa shape index (κ2) is 8.21. The van der Waals surface area contributed by atoms with E-state index < -0.39 is 0 Å². The van der Waals surface area contributed by atoms with Crippen molar-refractivity contribution in [2.45, 2.75) is 32.2 Å². The Bertz CT molecular complexity index is 628. The van der Waals surface area contributed by atoms with Crippen LogP contribution in [0.2, 0.25) is 10.0 Å². The lowest BCUT2D eigenvalue weighted by Gasteiger charge is -2.16. The summed E-state index contributed by atoms with van der Waals surface area (Å²) in [6.07, 6.45) is 1.79. The molecule has 0 heterocycles. The van der Waals surface area contributed by atoms with Crippen LogP contribution in [0.15, 0.2) is 48.5 Å². The molecule has 1 atom stereocenters. The smallest absolute Gasteiger partial charge is 0.227 e. The van der Waals surface area contributed by atoms with Gasteiger partial charge in [-0.05, 0) is 29.7 Å². The Labute approximate surface area is 141 Å². The molecule has 1 N–H and O–H groups in total. The van der Waals surface area contributed by atoms with Crippen LogP contribution in [0.1, 0.15) is 36.8 Å². The number of carbonyl (C=O) groups excluding carboxylic acids is 1. The van der Waals surface area contributed by atoms with Gasteiger partial charge in [0.2, 0.25) is 5.91 Å². The third kappa shape index (κ3) is 4.49. The lowest BCUT2D eigenvalue weighted by atomic mass is 9.93. The maximum Gasteiger partial charge on any atom is 0.227 e. The normalized spacial score (nSPS) is 12.0. The Morgan fingerprint density at radius 1 is 1.09 bits per heavy atom. The number of carbonyl (C=O) groups is 1. The van der Waals surface area contributed by atoms with Gasteiger partial charge in [-0.1, -0.05) is 72.9 Å². The molecule has 2 aromatic rings. The first-order valence-corrected chi connectivity index (χ1v) is 8.14. The maximum atomic E-state index is 12.5. The fourth-order valence-electron chi connectivity index (χ4n) is 2.39. The molecular formula is C18H19Cl2NO. The Balaban J connectivity index is 2.03. The highest BCUT2D eigenvalue weighted by Gasteiger charge is 2.19. The van der Waals surface area contributed by atoms with Crippen LogP contribution in [0.5, 0.6) is 0 Å². The van der Waals surface area contributed by atoms with Gasteiger partial charge >= 0.3 is 0 Å². The van der Waals surface area contributed by atoms with Gasteiger partial charge in [-0.25, -0.2) is 0 Å². The summed E-state index contributed by atoms with van der Waals surface area (Å²) in [5.41, 5.74) is 1.99. The number of hydrogen-bond acceptors (Lipinski definition) is 1. The van der Waals surface area contributed by atoms with Crippen molar-refractivity contribution in [3.8, 4) is 0 Å². The highest BCUT2D eigenvalue weighted by Crippen LogP contribution is 2.24. The van der Waals surface area contributed by atoms with Gasteiger partial charge < -0.3 is 5.32 Å². The lowest BCUT2D eigenvalue weighted by Crippen LogP contribution is -2.29. The molecule has 1 amide bonds. The SMILES string of the molecule is CCCC(C(=O)NCc1ccc(Cl)c(Cl)c1)c1ccccc1. The number of halogens is 2. The fourth-order valence-corrected chi connectivity index (χ4v) is 2.71. The van der Waals surface area contributed by atoms with Crippen molar-refractivity contribution in [3.05, 3.63) is 69.7 Å². The first kappa shape index (κ1) is 16.9. The van der Waals surface area contributed by atoms with Gasteiger partial charge in [0, 0.05) is 6.54 Å².